The van der Waals surface area contributed by atoms with Crippen molar-refractivity contribution >= 4 is 58.1 Å². The fraction of sp³-hybridized carbons (Fsp3) is 0.389. The highest BCUT2D eigenvalue weighted by Crippen LogP contribution is 2.23. The predicted molar refractivity (Wildman–Crippen MR) is 186 cm³/mol. The van der Waals surface area contributed by atoms with Crippen LogP contribution in [0.25, 0.3) is 11.0 Å². The van der Waals surface area contributed by atoms with E-state index in [0.717, 1.165) is 5.56 Å². The number of carbonyl (C=O) groups excluding carboxylic acids is 5. The average Bonchev–Trinajstić information content (AvgIpc) is 3.59. The average molecular weight is 720 g/mol. The van der Waals surface area contributed by atoms with E-state index in [1.807, 2.05) is 0 Å². The molecule has 0 aliphatic carbocycles. The molecule has 1 fully saturated rings. The van der Waals surface area contributed by atoms with Crippen molar-refractivity contribution in [2.24, 2.45) is 0 Å². The van der Waals surface area contributed by atoms with Gasteiger partial charge in [-0.2, -0.15) is 0 Å². The number of carboxylic acid groups (broad SMARTS) is 2. The number of likely N-dealkylation sites (tertiary alicyclic amines) is 1. The van der Waals surface area contributed by atoms with Crippen LogP contribution in [-0.2, 0) is 40.0 Å². The fourth-order valence-electron chi connectivity index (χ4n) is 5.88. The molecule has 5 amide bonds. The van der Waals surface area contributed by atoms with E-state index in [-0.39, 0.29) is 37.8 Å². The van der Waals surface area contributed by atoms with Crippen molar-refractivity contribution in [1.82, 2.24) is 20.9 Å². The predicted octanol–water partition coefficient (Wildman–Crippen LogP) is 1.48. The first kappa shape index (κ1) is 38.7. The van der Waals surface area contributed by atoms with Gasteiger partial charge in [0.25, 0.3) is 0 Å². The Morgan fingerprint density at radius 1 is 0.865 bits per heavy atom. The lowest BCUT2D eigenvalue weighted by Crippen LogP contribution is -2.57. The Bertz CT molecular complexity index is 1890. The zero-order chi connectivity index (χ0) is 37.9. The summed E-state index contributed by atoms with van der Waals surface area (Å²) in [6.07, 6.45) is -0.884. The lowest BCUT2D eigenvalue weighted by molar-refractivity contribution is -0.143. The number of rotatable bonds is 16. The summed E-state index contributed by atoms with van der Waals surface area (Å²) in [5.41, 5.74) is 1.49. The first-order chi connectivity index (χ1) is 24.7. The second-order valence-corrected chi connectivity index (χ2v) is 12.6. The van der Waals surface area contributed by atoms with Gasteiger partial charge in [-0.1, -0.05) is 30.3 Å². The van der Waals surface area contributed by atoms with Gasteiger partial charge in [-0.3, -0.25) is 33.6 Å². The molecule has 52 heavy (non-hydrogen) atoms. The fourth-order valence-corrected chi connectivity index (χ4v) is 5.88. The summed E-state index contributed by atoms with van der Waals surface area (Å²) < 4.78 is 5.30. The number of aliphatic carboxylic acids is 2. The topological polar surface area (TPSA) is 242 Å². The SMILES string of the molecule is Cc1cc(=O)oc2cc(NC(=O)C(Cc3ccccc3)NC(=O)C3CCCN3C(=O)C(CCC(=O)O)NC(=O)C(C)NC(=O)CCC(=O)O)ccc12. The molecule has 276 valence electrons. The number of carboxylic acids is 2. The van der Waals surface area contributed by atoms with E-state index in [4.69, 9.17) is 9.52 Å². The molecule has 0 bridgehead atoms. The molecule has 1 saturated heterocycles. The highest BCUT2D eigenvalue weighted by atomic mass is 16.4. The first-order valence-electron chi connectivity index (χ1n) is 16.7. The third-order valence-corrected chi connectivity index (χ3v) is 8.57. The van der Waals surface area contributed by atoms with Crippen molar-refractivity contribution in [2.45, 2.75) is 83.0 Å². The van der Waals surface area contributed by atoms with Crippen LogP contribution in [0.1, 0.15) is 56.6 Å². The molecule has 16 nitrogen and oxygen atoms in total. The number of carbonyl (C=O) groups is 7. The minimum Gasteiger partial charge on any atom is -0.481 e. The smallest absolute Gasteiger partial charge is 0.336 e. The molecule has 4 rings (SSSR count). The molecule has 4 unspecified atom stereocenters. The second kappa shape index (κ2) is 17.7. The molecule has 0 spiro atoms. The molecule has 1 aliphatic rings. The van der Waals surface area contributed by atoms with Gasteiger partial charge >= 0.3 is 17.6 Å². The summed E-state index contributed by atoms with van der Waals surface area (Å²) >= 11 is 0. The van der Waals surface area contributed by atoms with E-state index in [2.05, 4.69) is 21.3 Å². The Kier molecular flexibility index (Phi) is 13.2. The molecule has 4 atom stereocenters. The summed E-state index contributed by atoms with van der Waals surface area (Å²) in [5, 5.41) is 29.1. The summed E-state index contributed by atoms with van der Waals surface area (Å²) in [6, 6.07) is 10.4. The number of nitrogens with one attached hydrogen (secondary N) is 4. The maximum Gasteiger partial charge on any atom is 0.336 e. The Hall–Kier alpha value is -6.06. The van der Waals surface area contributed by atoms with Crippen molar-refractivity contribution < 1.29 is 48.2 Å². The van der Waals surface area contributed by atoms with E-state index in [0.29, 0.717) is 23.1 Å². The standard InChI is InChI=1S/C36H41N5O11/c1-20-17-32(47)52-28-19-23(10-11-24(20)28)38-34(49)26(18-22-7-4-3-5-8-22)40-35(50)27-9-6-16-41(27)36(51)25(12-14-30(43)44)39-33(48)21(2)37-29(42)13-15-31(45)46/h3-5,7-8,10-11,17,19,21,25-27H,6,9,12-16,18H2,1-2H3,(H,37,42)(H,38,49)(H,39,48)(H,40,50)(H,43,44)(H,45,46). The number of fused-ring (bicyclic) bond motifs is 1. The summed E-state index contributed by atoms with van der Waals surface area (Å²) in [4.78, 5) is 102. The second-order valence-electron chi connectivity index (χ2n) is 12.6. The van der Waals surface area contributed by atoms with Crippen LogP contribution in [0, 0.1) is 6.92 Å². The molecule has 6 N–H and O–H groups in total. The summed E-state index contributed by atoms with van der Waals surface area (Å²) in [6.45, 7) is 3.20. The molecule has 2 aromatic carbocycles. The zero-order valence-electron chi connectivity index (χ0n) is 28.7. The Labute approximate surface area is 297 Å². The van der Waals surface area contributed by atoms with E-state index < -0.39 is 84.1 Å². The van der Waals surface area contributed by atoms with Crippen molar-refractivity contribution in [2.75, 3.05) is 11.9 Å². The molecular formula is C36H41N5O11. The van der Waals surface area contributed by atoms with E-state index in [1.54, 1.807) is 49.4 Å². The largest absolute Gasteiger partial charge is 0.481 e. The number of nitrogens with zero attached hydrogens (tertiary/aromatic N) is 1. The molecular weight excluding hydrogens is 678 g/mol. The number of hydrogen-bond donors (Lipinski definition) is 6. The molecule has 0 radical (unpaired) electrons. The van der Waals surface area contributed by atoms with Crippen LogP contribution in [0.2, 0.25) is 0 Å². The molecule has 1 aliphatic heterocycles. The highest BCUT2D eigenvalue weighted by Gasteiger charge is 2.39. The number of anilines is 1. The Morgan fingerprint density at radius 3 is 2.27 bits per heavy atom. The van der Waals surface area contributed by atoms with Crippen LogP contribution >= 0.6 is 0 Å². The van der Waals surface area contributed by atoms with Gasteiger partial charge in [0.1, 0.15) is 29.8 Å². The van der Waals surface area contributed by atoms with Crippen molar-refractivity contribution in [3.8, 4) is 0 Å². The Morgan fingerprint density at radius 2 is 1.58 bits per heavy atom. The maximum atomic E-state index is 13.8. The van der Waals surface area contributed by atoms with Gasteiger partial charge < -0.3 is 40.8 Å². The van der Waals surface area contributed by atoms with E-state index in [9.17, 15) is 43.5 Å². The van der Waals surface area contributed by atoms with Gasteiger partial charge in [-0.25, -0.2) is 4.79 Å². The lowest BCUT2D eigenvalue weighted by Gasteiger charge is -2.30. The normalized spacial score (nSPS) is 15.6. The lowest BCUT2D eigenvalue weighted by atomic mass is 10.0. The van der Waals surface area contributed by atoms with Crippen molar-refractivity contribution in [3.63, 3.8) is 0 Å². The minimum absolute atomic E-state index is 0.0915. The third kappa shape index (κ3) is 10.7. The number of aryl methyl sites for hydroxylation is 1. The highest BCUT2D eigenvalue weighted by molar-refractivity contribution is 6.00. The quantitative estimate of drug-likeness (QED) is 0.116. The van der Waals surface area contributed by atoms with Gasteiger partial charge in [0.05, 0.1) is 6.42 Å². The minimum atomic E-state index is -1.37. The zero-order valence-corrected chi connectivity index (χ0v) is 28.7. The number of benzene rings is 2. The van der Waals surface area contributed by atoms with Crippen LogP contribution in [0.3, 0.4) is 0 Å². The Balaban J connectivity index is 1.50. The molecule has 3 aromatic rings. The van der Waals surface area contributed by atoms with Crippen molar-refractivity contribution in [1.29, 1.82) is 0 Å². The number of hydrogen-bond acceptors (Lipinski definition) is 9. The van der Waals surface area contributed by atoms with E-state index >= 15 is 0 Å². The summed E-state index contributed by atoms with van der Waals surface area (Å²) in [7, 11) is 0. The molecule has 0 saturated carbocycles. The molecule has 16 heteroatoms. The maximum absolute atomic E-state index is 13.8. The van der Waals surface area contributed by atoms with Gasteiger partial charge in [0, 0.05) is 49.0 Å². The number of amides is 5. The van der Waals surface area contributed by atoms with Gasteiger partial charge in [0.15, 0.2) is 0 Å². The third-order valence-electron chi connectivity index (χ3n) is 8.57. The van der Waals surface area contributed by atoms with Crippen LogP contribution in [0.15, 0.2) is 63.8 Å². The van der Waals surface area contributed by atoms with Gasteiger partial charge in [-0.15, -0.1) is 0 Å². The van der Waals surface area contributed by atoms with Gasteiger partial charge in [-0.05, 0) is 56.4 Å². The molecule has 2 heterocycles. The van der Waals surface area contributed by atoms with Crippen LogP contribution in [0.4, 0.5) is 5.69 Å². The van der Waals surface area contributed by atoms with Crippen molar-refractivity contribution in [3.05, 3.63) is 76.1 Å². The van der Waals surface area contributed by atoms with Crippen LogP contribution < -0.4 is 26.9 Å². The monoisotopic (exact) mass is 719 g/mol. The summed E-state index contributed by atoms with van der Waals surface area (Å²) in [5.74, 6) is -5.86. The van der Waals surface area contributed by atoms with E-state index in [1.165, 1.54) is 24.0 Å². The van der Waals surface area contributed by atoms with Crippen LogP contribution in [0.5, 0.6) is 0 Å². The van der Waals surface area contributed by atoms with Gasteiger partial charge in [0.2, 0.25) is 29.5 Å². The first-order valence-corrected chi connectivity index (χ1v) is 16.7. The van der Waals surface area contributed by atoms with Crippen LogP contribution in [-0.4, -0.2) is 87.3 Å². The molecule has 1 aromatic heterocycles.